The van der Waals surface area contributed by atoms with Crippen LogP contribution in [0.1, 0.15) is 45.1 Å². The van der Waals surface area contributed by atoms with Gasteiger partial charge in [-0.15, -0.1) is 0 Å². The van der Waals surface area contributed by atoms with Crippen molar-refractivity contribution in [3.05, 3.63) is 47.5 Å². The Bertz CT molecular complexity index is 586. The molecule has 0 saturated heterocycles. The zero-order valence-corrected chi connectivity index (χ0v) is 16.7. The van der Waals surface area contributed by atoms with Gasteiger partial charge in [-0.2, -0.15) is 0 Å². The zero-order chi connectivity index (χ0) is 20.1. The minimum Gasteiger partial charge on any atom is -0.790 e. The van der Waals surface area contributed by atoms with Gasteiger partial charge < -0.3 is 37.8 Å². The first-order valence-electron chi connectivity index (χ1n) is 8.02. The van der Waals surface area contributed by atoms with E-state index in [4.69, 9.17) is 4.74 Å². The van der Waals surface area contributed by atoms with Gasteiger partial charge in [-0.25, -0.2) is 0 Å². The molecular weight excluding hydrogens is 382 g/mol. The lowest BCUT2D eigenvalue weighted by Crippen LogP contribution is -2.23. The predicted octanol–water partition coefficient (Wildman–Crippen LogP) is 1.39. The maximum Gasteiger partial charge on any atom is 0.0716 e. The molecule has 1 aromatic rings. The molecule has 0 N–H and O–H groups in total. The second kappa shape index (κ2) is 13.4. The number of hydrogen-bond donors (Lipinski definition) is 0. The van der Waals surface area contributed by atoms with Crippen molar-refractivity contribution in [3.63, 3.8) is 0 Å². The average Bonchev–Trinajstić information content (AvgIpc) is 2.52. The van der Waals surface area contributed by atoms with Crippen LogP contribution < -0.4 is 19.6 Å². The maximum atomic E-state index is 9.32. The summed E-state index contributed by atoms with van der Waals surface area (Å²) in [5, 5.41) is 0. The topological polar surface area (TPSA) is 145 Å². The molecule has 10 heteroatoms. The fourth-order valence-electron chi connectivity index (χ4n) is 1.82. The first kappa shape index (κ1) is 25.2. The molecule has 1 rings (SSSR count). The maximum absolute atomic E-state index is 9.32. The van der Waals surface area contributed by atoms with E-state index in [1.54, 1.807) is 0 Å². The predicted molar refractivity (Wildman–Crippen MR) is 90.3 cm³/mol. The smallest absolute Gasteiger partial charge is 0.0716 e. The fourth-order valence-corrected chi connectivity index (χ4v) is 2.80. The molecule has 0 saturated carbocycles. The first-order chi connectivity index (χ1) is 12.0. The van der Waals surface area contributed by atoms with Gasteiger partial charge in [0.2, 0.25) is 0 Å². The highest BCUT2D eigenvalue weighted by Gasteiger charge is 1.94. The van der Waals surface area contributed by atoms with Crippen molar-refractivity contribution in [2.45, 2.75) is 46.1 Å². The number of hydrogen-bond acceptors (Lipinski definition) is 8. The fraction of sp³-hybridized carbons (Fsp3) is 0.500. The summed E-state index contributed by atoms with van der Waals surface area (Å²) in [5.74, 6) is 0. The molecule has 0 atom stereocenters. The Morgan fingerprint density at radius 1 is 1.00 bits per heavy atom. The number of allylic oxidation sites excluding steroid dienone is 2. The number of phosphoric acid groups is 2. The molecule has 26 heavy (non-hydrogen) atoms. The molecule has 150 valence electrons. The van der Waals surface area contributed by atoms with Crippen LogP contribution in [0.3, 0.4) is 0 Å². The number of benzene rings is 1. The molecule has 0 spiro atoms. The molecule has 0 heterocycles. The van der Waals surface area contributed by atoms with Crippen molar-refractivity contribution in [1.82, 2.24) is 0 Å². The van der Waals surface area contributed by atoms with E-state index in [1.807, 2.05) is 6.07 Å². The summed E-state index contributed by atoms with van der Waals surface area (Å²) >= 11 is 0. The molecule has 0 radical (unpaired) electrons. The van der Waals surface area contributed by atoms with Gasteiger partial charge in [0.15, 0.2) is 0 Å². The largest absolute Gasteiger partial charge is 0.790 e. The second-order valence-electron chi connectivity index (χ2n) is 5.46. The van der Waals surface area contributed by atoms with Crippen LogP contribution in [0.4, 0.5) is 0 Å². The highest BCUT2D eigenvalue weighted by atomic mass is 31.3. The quantitative estimate of drug-likeness (QED) is 0.322. The van der Waals surface area contributed by atoms with Crippen LogP contribution in [0.15, 0.2) is 42.0 Å². The van der Waals surface area contributed by atoms with Crippen molar-refractivity contribution in [3.8, 4) is 0 Å². The lowest BCUT2D eigenvalue weighted by molar-refractivity contribution is -0.364. The van der Waals surface area contributed by atoms with Crippen LogP contribution >= 0.6 is 15.6 Å². The molecule has 0 aromatic heterocycles. The van der Waals surface area contributed by atoms with E-state index >= 15 is 0 Å². The van der Waals surface area contributed by atoms with Gasteiger partial charge in [0.25, 0.3) is 0 Å². The standard InChI is InChI=1S/C16H24O.H4O7P2/c1-3-15(2)10-6-5-9-13-17-14-16-11-7-4-8-12-16;1-8(2,3)7-9(4,5)6/h3-4,7-8,11-12H,5-6,9-10,13-14H2,1-2H3;(H2,1,2,3)(H2,4,5,6)/p-4/b15-3+;. The SMILES string of the molecule is C/C=C(\C)CCCCCOCc1ccccc1.O=P([O-])([O-])OP(=O)([O-])[O-]. The Hall–Kier alpha value is -0.820. The average molecular weight is 406 g/mol. The zero-order valence-electron chi connectivity index (χ0n) is 14.9. The van der Waals surface area contributed by atoms with Crippen LogP contribution in [-0.4, -0.2) is 6.61 Å². The second-order valence-corrected chi connectivity index (χ2v) is 7.90. The molecule has 1 aromatic carbocycles. The van der Waals surface area contributed by atoms with Crippen LogP contribution in [0, 0.1) is 0 Å². The van der Waals surface area contributed by atoms with Gasteiger partial charge in [-0.3, -0.25) is 0 Å². The van der Waals surface area contributed by atoms with E-state index in [-0.39, 0.29) is 0 Å². The van der Waals surface area contributed by atoms with E-state index in [1.165, 1.54) is 36.8 Å². The van der Waals surface area contributed by atoms with E-state index in [9.17, 15) is 28.7 Å². The minimum atomic E-state index is -5.68. The third kappa shape index (κ3) is 18.0. The molecule has 0 bridgehead atoms. The monoisotopic (exact) mass is 406 g/mol. The molecule has 0 fully saturated rings. The van der Waals surface area contributed by atoms with Crippen molar-refractivity contribution in [2.75, 3.05) is 6.61 Å². The number of rotatable bonds is 10. The van der Waals surface area contributed by atoms with Crippen molar-refractivity contribution in [1.29, 1.82) is 0 Å². The van der Waals surface area contributed by atoms with Crippen molar-refractivity contribution >= 4 is 15.6 Å². The first-order valence-corrected chi connectivity index (χ1v) is 10.9. The highest BCUT2D eigenvalue weighted by molar-refractivity contribution is 7.57. The molecule has 8 nitrogen and oxygen atoms in total. The Labute approximate surface area is 154 Å². The van der Waals surface area contributed by atoms with Gasteiger partial charge in [-0.05, 0) is 38.7 Å². The van der Waals surface area contributed by atoms with Gasteiger partial charge in [0.1, 0.15) is 0 Å². The summed E-state index contributed by atoms with van der Waals surface area (Å²) in [7, 11) is -11.4. The van der Waals surface area contributed by atoms with E-state index < -0.39 is 15.6 Å². The van der Waals surface area contributed by atoms with Crippen molar-refractivity contribution < 1.29 is 37.8 Å². The summed E-state index contributed by atoms with van der Waals surface area (Å²) in [6, 6.07) is 10.4. The highest BCUT2D eigenvalue weighted by Crippen LogP contribution is 2.42. The molecule has 0 aliphatic rings. The van der Waals surface area contributed by atoms with Crippen LogP contribution in [0.2, 0.25) is 0 Å². The normalized spacial score (nSPS) is 12.5. The minimum absolute atomic E-state index is 0.745. The van der Waals surface area contributed by atoms with E-state index in [0.717, 1.165) is 13.2 Å². The van der Waals surface area contributed by atoms with Crippen molar-refractivity contribution in [2.24, 2.45) is 0 Å². The van der Waals surface area contributed by atoms with Gasteiger partial charge in [-0.1, -0.05) is 48.4 Å². The lowest BCUT2D eigenvalue weighted by atomic mass is 10.1. The van der Waals surface area contributed by atoms with Gasteiger partial charge in [0.05, 0.1) is 22.3 Å². The van der Waals surface area contributed by atoms with E-state index in [0.29, 0.717) is 0 Å². The van der Waals surface area contributed by atoms with Gasteiger partial charge >= 0.3 is 0 Å². The van der Waals surface area contributed by atoms with Gasteiger partial charge in [0, 0.05) is 6.61 Å². The summed E-state index contributed by atoms with van der Waals surface area (Å²) in [5.41, 5.74) is 2.76. The Kier molecular flexibility index (Phi) is 12.9. The summed E-state index contributed by atoms with van der Waals surface area (Å²) < 4.78 is 26.8. The summed E-state index contributed by atoms with van der Waals surface area (Å²) in [4.78, 5) is 37.3. The molecule has 0 amide bonds. The third-order valence-corrected chi connectivity index (χ3v) is 4.76. The van der Waals surface area contributed by atoms with Crippen LogP contribution in [0.5, 0.6) is 0 Å². The Balaban J connectivity index is 0.000000590. The third-order valence-electron chi connectivity index (χ3n) is 3.16. The van der Waals surface area contributed by atoms with E-state index in [2.05, 4.69) is 48.5 Å². The Morgan fingerprint density at radius 2 is 1.58 bits per heavy atom. The summed E-state index contributed by atoms with van der Waals surface area (Å²) in [6.45, 7) is 5.93. The number of ether oxygens (including phenoxy) is 1. The van der Waals surface area contributed by atoms with Crippen LogP contribution in [-0.2, 0) is 24.8 Å². The Morgan fingerprint density at radius 3 is 2.04 bits per heavy atom. The molecular formula is C16H24O8P2-4. The molecule has 0 aliphatic carbocycles. The molecule has 0 aliphatic heterocycles. The summed E-state index contributed by atoms with van der Waals surface area (Å²) in [6.07, 6.45) is 7.15. The molecule has 0 unspecified atom stereocenters. The van der Waals surface area contributed by atoms with Crippen LogP contribution in [0.25, 0.3) is 0 Å². The lowest BCUT2D eigenvalue weighted by Gasteiger charge is -2.39. The number of unbranched alkanes of at least 4 members (excludes halogenated alkanes) is 2.